The van der Waals surface area contributed by atoms with E-state index in [1.807, 2.05) is 25.1 Å². The van der Waals surface area contributed by atoms with Crippen molar-refractivity contribution in [1.29, 1.82) is 0 Å². The Bertz CT molecular complexity index is 1240. The Hall–Kier alpha value is -3.23. The highest BCUT2D eigenvalue weighted by molar-refractivity contribution is 7.92. The standard InChI is InChI=1S/C24H25ClN2O5S/c1-16-4-8-19(9-5-16)33(29,30)27-18-7-10-20(21(25)15-18)24(28)26-13-12-17-6-11-22(31-2)23(14-17)32-3/h4-11,14-15,27H,12-13H2,1-3H3,(H,26,28). The van der Waals surface area contributed by atoms with Crippen LogP contribution in [0.4, 0.5) is 5.69 Å². The highest BCUT2D eigenvalue weighted by atomic mass is 35.5. The number of nitrogens with one attached hydrogen (secondary N) is 2. The third-order valence-electron chi connectivity index (χ3n) is 4.94. The zero-order chi connectivity index (χ0) is 24.0. The van der Waals surface area contributed by atoms with Crippen molar-refractivity contribution >= 4 is 33.2 Å². The molecule has 0 radical (unpaired) electrons. The Morgan fingerprint density at radius 3 is 2.27 bits per heavy atom. The summed E-state index contributed by atoms with van der Waals surface area (Å²) in [5, 5.41) is 2.96. The van der Waals surface area contributed by atoms with Crippen LogP contribution >= 0.6 is 11.6 Å². The highest BCUT2D eigenvalue weighted by Gasteiger charge is 2.16. The van der Waals surface area contributed by atoms with E-state index in [1.165, 1.54) is 30.3 Å². The molecule has 0 saturated carbocycles. The van der Waals surface area contributed by atoms with Gasteiger partial charge in [-0.3, -0.25) is 9.52 Å². The Morgan fingerprint density at radius 1 is 0.939 bits per heavy atom. The lowest BCUT2D eigenvalue weighted by Crippen LogP contribution is -2.26. The van der Waals surface area contributed by atoms with Gasteiger partial charge in [0.15, 0.2) is 11.5 Å². The number of aryl methyl sites for hydroxylation is 1. The van der Waals surface area contributed by atoms with Crippen LogP contribution < -0.4 is 19.5 Å². The number of hydrogen-bond donors (Lipinski definition) is 2. The molecule has 174 valence electrons. The van der Waals surface area contributed by atoms with Crippen LogP contribution in [0.15, 0.2) is 65.6 Å². The van der Waals surface area contributed by atoms with E-state index < -0.39 is 10.0 Å². The fourth-order valence-electron chi connectivity index (χ4n) is 3.15. The number of methoxy groups -OCH3 is 2. The van der Waals surface area contributed by atoms with Crippen molar-refractivity contribution in [2.45, 2.75) is 18.2 Å². The van der Waals surface area contributed by atoms with Gasteiger partial charge in [0.1, 0.15) is 0 Å². The van der Waals surface area contributed by atoms with Crippen molar-refractivity contribution in [2.75, 3.05) is 25.5 Å². The molecular formula is C24H25ClN2O5S. The summed E-state index contributed by atoms with van der Waals surface area (Å²) in [6.07, 6.45) is 0.581. The summed E-state index contributed by atoms with van der Waals surface area (Å²) in [6.45, 7) is 2.26. The maximum Gasteiger partial charge on any atom is 0.261 e. The molecule has 0 aliphatic rings. The number of amides is 1. The minimum Gasteiger partial charge on any atom is -0.493 e. The molecule has 0 saturated heterocycles. The predicted molar refractivity (Wildman–Crippen MR) is 129 cm³/mol. The first-order chi connectivity index (χ1) is 15.7. The van der Waals surface area contributed by atoms with Crippen LogP contribution in [-0.4, -0.2) is 35.1 Å². The topological polar surface area (TPSA) is 93.7 Å². The first-order valence-electron chi connectivity index (χ1n) is 10.1. The zero-order valence-electron chi connectivity index (χ0n) is 18.5. The van der Waals surface area contributed by atoms with Gasteiger partial charge in [0.25, 0.3) is 15.9 Å². The van der Waals surface area contributed by atoms with E-state index in [0.717, 1.165) is 11.1 Å². The fourth-order valence-corrected chi connectivity index (χ4v) is 4.46. The van der Waals surface area contributed by atoms with E-state index in [1.54, 1.807) is 26.4 Å². The van der Waals surface area contributed by atoms with Gasteiger partial charge in [-0.2, -0.15) is 0 Å². The van der Waals surface area contributed by atoms with Crippen molar-refractivity contribution in [3.05, 3.63) is 82.4 Å². The maximum absolute atomic E-state index is 12.6. The first-order valence-corrected chi connectivity index (χ1v) is 12.0. The minimum absolute atomic E-state index is 0.140. The number of ether oxygens (including phenoxy) is 2. The molecule has 0 spiro atoms. The lowest BCUT2D eigenvalue weighted by atomic mass is 10.1. The van der Waals surface area contributed by atoms with Crippen LogP contribution in [0, 0.1) is 6.92 Å². The van der Waals surface area contributed by atoms with E-state index in [0.29, 0.717) is 24.5 Å². The molecule has 0 aromatic heterocycles. The molecule has 33 heavy (non-hydrogen) atoms. The van der Waals surface area contributed by atoms with Crippen LogP contribution in [-0.2, 0) is 16.4 Å². The summed E-state index contributed by atoms with van der Waals surface area (Å²) in [4.78, 5) is 12.7. The van der Waals surface area contributed by atoms with Crippen LogP contribution in [0.1, 0.15) is 21.5 Å². The number of benzene rings is 3. The second-order valence-corrected chi connectivity index (χ2v) is 9.40. The molecular weight excluding hydrogens is 464 g/mol. The van der Waals surface area contributed by atoms with E-state index in [9.17, 15) is 13.2 Å². The van der Waals surface area contributed by atoms with Crippen LogP contribution in [0.2, 0.25) is 5.02 Å². The largest absolute Gasteiger partial charge is 0.493 e. The number of rotatable bonds is 9. The normalized spacial score (nSPS) is 11.0. The molecule has 0 aliphatic heterocycles. The summed E-state index contributed by atoms with van der Waals surface area (Å²) < 4.78 is 38.1. The summed E-state index contributed by atoms with van der Waals surface area (Å²) >= 11 is 6.26. The van der Waals surface area contributed by atoms with Gasteiger partial charge in [-0.05, 0) is 61.4 Å². The van der Waals surface area contributed by atoms with Gasteiger partial charge in [-0.15, -0.1) is 0 Å². The Kier molecular flexibility index (Phi) is 7.84. The molecule has 3 aromatic carbocycles. The molecule has 0 fully saturated rings. The molecule has 9 heteroatoms. The average molecular weight is 489 g/mol. The van der Waals surface area contributed by atoms with E-state index >= 15 is 0 Å². The second kappa shape index (κ2) is 10.6. The number of sulfonamides is 1. The van der Waals surface area contributed by atoms with Crippen LogP contribution in [0.5, 0.6) is 11.5 Å². The predicted octanol–water partition coefficient (Wildman–Crippen LogP) is 4.44. The fraction of sp³-hybridized carbons (Fsp3) is 0.208. The molecule has 7 nitrogen and oxygen atoms in total. The van der Waals surface area contributed by atoms with E-state index in [4.69, 9.17) is 21.1 Å². The lowest BCUT2D eigenvalue weighted by Gasteiger charge is -2.12. The number of anilines is 1. The number of hydrogen-bond acceptors (Lipinski definition) is 5. The Morgan fingerprint density at radius 2 is 1.64 bits per heavy atom. The van der Waals surface area contributed by atoms with Gasteiger partial charge in [0.2, 0.25) is 0 Å². The smallest absolute Gasteiger partial charge is 0.261 e. The number of carbonyl (C=O) groups excluding carboxylic acids is 1. The van der Waals surface area contributed by atoms with Gasteiger partial charge in [0, 0.05) is 6.54 Å². The van der Waals surface area contributed by atoms with Gasteiger partial charge in [-0.25, -0.2) is 8.42 Å². The molecule has 0 atom stereocenters. The molecule has 0 bridgehead atoms. The number of carbonyl (C=O) groups is 1. The van der Waals surface area contributed by atoms with Gasteiger partial charge >= 0.3 is 0 Å². The van der Waals surface area contributed by atoms with E-state index in [-0.39, 0.29) is 27.1 Å². The van der Waals surface area contributed by atoms with Gasteiger partial charge in [-0.1, -0.05) is 35.4 Å². The zero-order valence-corrected chi connectivity index (χ0v) is 20.1. The SMILES string of the molecule is COc1ccc(CCNC(=O)c2ccc(NS(=O)(=O)c3ccc(C)cc3)cc2Cl)cc1OC. The quantitative estimate of drug-likeness (QED) is 0.464. The van der Waals surface area contributed by atoms with Crippen LogP contribution in [0.3, 0.4) is 0 Å². The van der Waals surface area contributed by atoms with Gasteiger partial charge < -0.3 is 14.8 Å². The van der Waals surface area contributed by atoms with Crippen molar-refractivity contribution in [3.63, 3.8) is 0 Å². The lowest BCUT2D eigenvalue weighted by molar-refractivity contribution is 0.0954. The Balaban J connectivity index is 1.62. The van der Waals surface area contributed by atoms with Crippen molar-refractivity contribution in [2.24, 2.45) is 0 Å². The summed E-state index contributed by atoms with van der Waals surface area (Å²) in [5.74, 6) is 0.900. The summed E-state index contributed by atoms with van der Waals surface area (Å²) in [7, 11) is -0.629. The molecule has 0 aliphatic carbocycles. The Labute approximate surface area is 198 Å². The molecule has 1 amide bonds. The van der Waals surface area contributed by atoms with Crippen LogP contribution in [0.25, 0.3) is 0 Å². The molecule has 2 N–H and O–H groups in total. The number of halogens is 1. The van der Waals surface area contributed by atoms with Crippen molar-refractivity contribution in [3.8, 4) is 11.5 Å². The third kappa shape index (κ3) is 6.18. The monoisotopic (exact) mass is 488 g/mol. The molecule has 0 unspecified atom stereocenters. The molecule has 0 heterocycles. The second-order valence-electron chi connectivity index (χ2n) is 7.31. The third-order valence-corrected chi connectivity index (χ3v) is 6.65. The van der Waals surface area contributed by atoms with E-state index in [2.05, 4.69) is 10.0 Å². The van der Waals surface area contributed by atoms with Crippen molar-refractivity contribution < 1.29 is 22.7 Å². The summed E-state index contributed by atoms with van der Waals surface area (Å²) in [5.41, 5.74) is 2.45. The van der Waals surface area contributed by atoms with Gasteiger partial charge in [0.05, 0.1) is 35.4 Å². The average Bonchev–Trinajstić information content (AvgIpc) is 2.79. The first kappa shape index (κ1) is 24.4. The molecule has 3 rings (SSSR count). The molecule has 3 aromatic rings. The highest BCUT2D eigenvalue weighted by Crippen LogP contribution is 2.28. The maximum atomic E-state index is 12.6. The summed E-state index contributed by atoms with van der Waals surface area (Å²) in [6, 6.07) is 16.5. The minimum atomic E-state index is -3.76. The van der Waals surface area contributed by atoms with Crippen molar-refractivity contribution in [1.82, 2.24) is 5.32 Å².